The van der Waals surface area contributed by atoms with Crippen molar-refractivity contribution in [3.8, 4) is 5.88 Å². The molecule has 3 aromatic heterocycles. The SMILES string of the molecule is Cc1cc2c(N)nccc2c(C)c1CNc1cc(OCc2cnc[nH]2)nc(C(=O)O)n1.S. The molecule has 10 nitrogen and oxygen atoms in total. The van der Waals surface area contributed by atoms with Crippen LogP contribution in [0.1, 0.15) is 33.0 Å². The number of carboxylic acid groups (broad SMARTS) is 1. The zero-order valence-corrected chi connectivity index (χ0v) is 18.5. The van der Waals surface area contributed by atoms with Crippen molar-refractivity contribution in [1.82, 2.24) is 24.9 Å². The van der Waals surface area contributed by atoms with Crippen LogP contribution in [0.4, 0.5) is 11.6 Å². The number of nitrogen functional groups attached to an aromatic ring is 1. The van der Waals surface area contributed by atoms with Crippen molar-refractivity contribution in [2.45, 2.75) is 27.0 Å². The van der Waals surface area contributed by atoms with Crippen LogP contribution in [0.25, 0.3) is 10.8 Å². The summed E-state index contributed by atoms with van der Waals surface area (Å²) in [6.45, 7) is 4.63. The van der Waals surface area contributed by atoms with Crippen LogP contribution < -0.4 is 15.8 Å². The number of pyridine rings is 1. The number of carboxylic acids is 1. The van der Waals surface area contributed by atoms with Crippen molar-refractivity contribution in [2.24, 2.45) is 0 Å². The standard InChI is InChI=1S/C21H21N7O3.H2S/c1-11-5-15-14(3-4-24-19(15)22)12(2)16(11)8-25-17-6-18(28-20(27-17)21(29)30)31-9-13-7-23-10-26-13;/h3-7,10H,8-9H2,1-2H3,(H2,22,24)(H,23,26)(H,29,30)(H,25,27,28);1H2. The van der Waals surface area contributed by atoms with Gasteiger partial charge in [-0.25, -0.2) is 19.7 Å². The van der Waals surface area contributed by atoms with Gasteiger partial charge in [-0.2, -0.15) is 18.5 Å². The summed E-state index contributed by atoms with van der Waals surface area (Å²) in [5.41, 5.74) is 9.93. The lowest BCUT2D eigenvalue weighted by Crippen LogP contribution is -2.11. The highest BCUT2D eigenvalue weighted by molar-refractivity contribution is 7.59. The lowest BCUT2D eigenvalue weighted by Gasteiger charge is -2.15. The second kappa shape index (κ2) is 9.52. The number of hydrogen-bond donors (Lipinski definition) is 4. The van der Waals surface area contributed by atoms with E-state index in [-0.39, 0.29) is 31.8 Å². The van der Waals surface area contributed by atoms with Gasteiger partial charge in [-0.15, -0.1) is 0 Å². The van der Waals surface area contributed by atoms with Gasteiger partial charge >= 0.3 is 5.97 Å². The molecular formula is C21H23N7O3S. The molecule has 0 radical (unpaired) electrons. The van der Waals surface area contributed by atoms with Crippen LogP contribution in [0.3, 0.4) is 0 Å². The van der Waals surface area contributed by atoms with Crippen molar-refractivity contribution in [2.75, 3.05) is 11.1 Å². The first-order valence-electron chi connectivity index (χ1n) is 9.52. The Kier molecular flexibility index (Phi) is 6.79. The zero-order chi connectivity index (χ0) is 22.0. The first kappa shape index (κ1) is 22.8. The Bertz CT molecular complexity index is 1260. The third kappa shape index (κ3) is 4.72. The van der Waals surface area contributed by atoms with E-state index in [0.29, 0.717) is 18.2 Å². The molecule has 4 rings (SSSR count). The zero-order valence-electron chi connectivity index (χ0n) is 17.5. The van der Waals surface area contributed by atoms with Crippen LogP contribution in [-0.4, -0.2) is 36.0 Å². The van der Waals surface area contributed by atoms with Gasteiger partial charge < -0.3 is 25.9 Å². The summed E-state index contributed by atoms with van der Waals surface area (Å²) in [6.07, 6.45) is 4.84. The maximum absolute atomic E-state index is 11.5. The average Bonchev–Trinajstić information content (AvgIpc) is 3.26. The third-order valence-corrected chi connectivity index (χ3v) is 4.99. The lowest BCUT2D eigenvalue weighted by atomic mass is 9.96. The molecule has 0 amide bonds. The van der Waals surface area contributed by atoms with E-state index in [2.05, 4.69) is 30.2 Å². The van der Waals surface area contributed by atoms with E-state index in [0.717, 1.165) is 33.2 Å². The molecule has 0 aliphatic carbocycles. The summed E-state index contributed by atoms with van der Waals surface area (Å²) in [4.78, 5) is 30.5. The highest BCUT2D eigenvalue weighted by Gasteiger charge is 2.14. The second-order valence-electron chi connectivity index (χ2n) is 7.03. The molecule has 0 unspecified atom stereocenters. The average molecular weight is 454 g/mol. The summed E-state index contributed by atoms with van der Waals surface area (Å²) < 4.78 is 5.61. The number of aromatic amines is 1. The Morgan fingerprint density at radius 2 is 2.06 bits per heavy atom. The van der Waals surface area contributed by atoms with Gasteiger partial charge in [0, 0.05) is 24.2 Å². The number of aromatic carboxylic acids is 1. The van der Waals surface area contributed by atoms with E-state index in [9.17, 15) is 9.90 Å². The smallest absolute Gasteiger partial charge is 0.374 e. The fourth-order valence-corrected chi connectivity index (χ4v) is 3.38. The third-order valence-electron chi connectivity index (χ3n) is 4.99. The Morgan fingerprint density at radius 1 is 1.25 bits per heavy atom. The van der Waals surface area contributed by atoms with Crippen molar-refractivity contribution < 1.29 is 14.6 Å². The Labute approximate surface area is 190 Å². The van der Waals surface area contributed by atoms with Gasteiger partial charge in [0.2, 0.25) is 11.7 Å². The number of H-pyrrole nitrogens is 1. The van der Waals surface area contributed by atoms with E-state index in [1.165, 1.54) is 6.33 Å². The van der Waals surface area contributed by atoms with Crippen molar-refractivity contribution in [3.05, 3.63) is 65.1 Å². The molecule has 5 N–H and O–H groups in total. The number of aryl methyl sites for hydroxylation is 2. The predicted octanol–water partition coefficient (Wildman–Crippen LogP) is 2.95. The second-order valence-corrected chi connectivity index (χ2v) is 7.03. The topological polar surface area (TPSA) is 152 Å². The summed E-state index contributed by atoms with van der Waals surface area (Å²) in [5.74, 6) is -0.605. The van der Waals surface area contributed by atoms with Crippen LogP contribution >= 0.6 is 13.5 Å². The minimum absolute atomic E-state index is 0. The quantitative estimate of drug-likeness (QED) is 0.331. The number of anilines is 2. The number of nitrogens with zero attached hydrogens (tertiary/aromatic N) is 4. The molecular weight excluding hydrogens is 430 g/mol. The van der Waals surface area contributed by atoms with E-state index in [1.54, 1.807) is 18.5 Å². The number of rotatable bonds is 7. The van der Waals surface area contributed by atoms with Crippen LogP contribution in [0.2, 0.25) is 0 Å². The van der Waals surface area contributed by atoms with Gasteiger partial charge in [0.25, 0.3) is 0 Å². The number of nitrogens with two attached hydrogens (primary N) is 1. The summed E-state index contributed by atoms with van der Waals surface area (Å²) in [5, 5.41) is 14.5. The van der Waals surface area contributed by atoms with E-state index in [4.69, 9.17) is 10.5 Å². The lowest BCUT2D eigenvalue weighted by molar-refractivity contribution is 0.0682. The molecule has 0 bridgehead atoms. The van der Waals surface area contributed by atoms with E-state index >= 15 is 0 Å². The Hall–Kier alpha value is -3.86. The van der Waals surface area contributed by atoms with Gasteiger partial charge in [0.15, 0.2) is 0 Å². The molecule has 166 valence electrons. The number of imidazole rings is 1. The Balaban J connectivity index is 0.00000289. The largest absolute Gasteiger partial charge is 0.475 e. The number of hydrogen-bond acceptors (Lipinski definition) is 8. The molecule has 0 saturated carbocycles. The molecule has 32 heavy (non-hydrogen) atoms. The fourth-order valence-electron chi connectivity index (χ4n) is 3.38. The van der Waals surface area contributed by atoms with Crippen LogP contribution in [-0.2, 0) is 13.2 Å². The highest BCUT2D eigenvalue weighted by atomic mass is 32.1. The van der Waals surface area contributed by atoms with E-state index in [1.807, 2.05) is 26.0 Å². The minimum Gasteiger partial charge on any atom is -0.475 e. The molecule has 1 aromatic carbocycles. The maximum atomic E-state index is 11.5. The summed E-state index contributed by atoms with van der Waals surface area (Å²) in [6, 6.07) is 5.50. The molecule has 0 saturated heterocycles. The first-order valence-corrected chi connectivity index (χ1v) is 9.52. The number of nitrogens with one attached hydrogen (secondary N) is 2. The fraction of sp³-hybridized carbons (Fsp3) is 0.190. The summed E-state index contributed by atoms with van der Waals surface area (Å²) >= 11 is 0. The minimum atomic E-state index is -1.24. The van der Waals surface area contributed by atoms with Gasteiger partial charge in [0.1, 0.15) is 18.2 Å². The van der Waals surface area contributed by atoms with Crippen molar-refractivity contribution in [1.29, 1.82) is 0 Å². The number of carbonyl (C=O) groups is 1. The maximum Gasteiger partial charge on any atom is 0.374 e. The number of ether oxygens (including phenoxy) is 1. The van der Waals surface area contributed by atoms with Crippen molar-refractivity contribution >= 4 is 41.9 Å². The van der Waals surface area contributed by atoms with Gasteiger partial charge in [-0.1, -0.05) is 0 Å². The number of benzene rings is 1. The Morgan fingerprint density at radius 3 is 2.78 bits per heavy atom. The van der Waals surface area contributed by atoms with Crippen LogP contribution in [0.15, 0.2) is 36.9 Å². The predicted molar refractivity (Wildman–Crippen MR) is 125 cm³/mol. The number of aromatic nitrogens is 5. The van der Waals surface area contributed by atoms with E-state index < -0.39 is 5.97 Å². The van der Waals surface area contributed by atoms with Crippen LogP contribution in [0.5, 0.6) is 5.88 Å². The van der Waals surface area contributed by atoms with Crippen LogP contribution in [0, 0.1) is 13.8 Å². The normalized spacial score (nSPS) is 10.6. The molecule has 0 spiro atoms. The molecule has 0 fully saturated rings. The molecule has 0 atom stereocenters. The van der Waals surface area contributed by atoms with Gasteiger partial charge in [0.05, 0.1) is 18.2 Å². The summed E-state index contributed by atoms with van der Waals surface area (Å²) in [7, 11) is 0. The molecule has 0 aliphatic rings. The monoisotopic (exact) mass is 453 g/mol. The van der Waals surface area contributed by atoms with Gasteiger partial charge in [-0.3, -0.25) is 0 Å². The molecule has 0 aliphatic heterocycles. The van der Waals surface area contributed by atoms with Gasteiger partial charge in [-0.05, 0) is 48.1 Å². The van der Waals surface area contributed by atoms with Crippen molar-refractivity contribution in [3.63, 3.8) is 0 Å². The number of fused-ring (bicyclic) bond motifs is 1. The first-order chi connectivity index (χ1) is 14.9. The highest BCUT2D eigenvalue weighted by Crippen LogP contribution is 2.28. The molecule has 11 heteroatoms. The molecule has 4 aromatic rings. The molecule has 3 heterocycles.